The van der Waals surface area contributed by atoms with Gasteiger partial charge in [0.1, 0.15) is 0 Å². The lowest BCUT2D eigenvalue weighted by molar-refractivity contribution is -0.121. The minimum absolute atomic E-state index is 0.144. The molecule has 0 fully saturated rings. The van der Waals surface area contributed by atoms with E-state index in [2.05, 4.69) is 67.7 Å². The van der Waals surface area contributed by atoms with Crippen molar-refractivity contribution in [3.8, 4) is 0 Å². The second-order valence-corrected chi connectivity index (χ2v) is 18.6. The molecule has 0 saturated heterocycles. The van der Waals surface area contributed by atoms with Crippen LogP contribution in [-0.4, -0.2) is 35.6 Å². The predicted molar refractivity (Wildman–Crippen MR) is 95.9 cm³/mol. The van der Waals surface area contributed by atoms with Crippen molar-refractivity contribution >= 4 is 22.4 Å². The molecular formula is C16H36O3Si2. The van der Waals surface area contributed by atoms with Crippen molar-refractivity contribution in [3.63, 3.8) is 0 Å². The van der Waals surface area contributed by atoms with Crippen molar-refractivity contribution in [2.24, 2.45) is 0 Å². The molecule has 0 aliphatic heterocycles. The summed E-state index contributed by atoms with van der Waals surface area (Å²) in [7, 11) is -3.57. The molecule has 126 valence electrons. The molecule has 3 nitrogen and oxygen atoms in total. The number of Topliss-reactive ketones (excluding diaryl/α,β-unsaturated/α-hetero) is 1. The van der Waals surface area contributed by atoms with E-state index >= 15 is 0 Å². The third-order valence-electron chi connectivity index (χ3n) is 5.05. The van der Waals surface area contributed by atoms with E-state index in [1.54, 1.807) is 0 Å². The average Bonchev–Trinajstić information content (AvgIpc) is 2.23. The first kappa shape index (κ1) is 21.0. The standard InChI is InChI=1S/C16H36O3Si2/c1-15(2,3)20(7,8)18-12-11-14(17)13-19-21(9,10)16(4,5)6/h11-13H2,1-10H3. The van der Waals surface area contributed by atoms with Gasteiger partial charge in [0.2, 0.25) is 0 Å². The van der Waals surface area contributed by atoms with Crippen LogP contribution in [-0.2, 0) is 13.6 Å². The molecule has 0 heterocycles. The number of carbonyl (C=O) groups is 1. The van der Waals surface area contributed by atoms with Crippen molar-refractivity contribution in [2.75, 3.05) is 13.2 Å². The fraction of sp³-hybridized carbons (Fsp3) is 0.938. The Morgan fingerprint density at radius 3 is 1.57 bits per heavy atom. The third-order valence-corrected chi connectivity index (χ3v) is 14.1. The summed E-state index contributed by atoms with van der Waals surface area (Å²) < 4.78 is 12.0. The van der Waals surface area contributed by atoms with Gasteiger partial charge in [-0.3, -0.25) is 4.79 Å². The van der Waals surface area contributed by atoms with Gasteiger partial charge in [0.05, 0.1) is 6.61 Å². The van der Waals surface area contributed by atoms with Gasteiger partial charge in [-0.1, -0.05) is 41.5 Å². The van der Waals surface area contributed by atoms with Crippen molar-refractivity contribution in [3.05, 3.63) is 0 Å². The molecule has 5 heteroatoms. The van der Waals surface area contributed by atoms with Gasteiger partial charge in [0.15, 0.2) is 22.4 Å². The maximum absolute atomic E-state index is 12.0. The molecular weight excluding hydrogens is 296 g/mol. The van der Waals surface area contributed by atoms with Crippen LogP contribution in [0, 0.1) is 0 Å². The lowest BCUT2D eigenvalue weighted by atomic mass is 10.2. The monoisotopic (exact) mass is 332 g/mol. The number of hydrogen-bond donors (Lipinski definition) is 0. The zero-order valence-corrected chi connectivity index (χ0v) is 17.8. The van der Waals surface area contributed by atoms with Gasteiger partial charge in [-0.25, -0.2) is 0 Å². The third kappa shape index (κ3) is 6.76. The summed E-state index contributed by atoms with van der Waals surface area (Å²) in [6.45, 7) is 22.7. The summed E-state index contributed by atoms with van der Waals surface area (Å²) in [5.74, 6) is 0.151. The Morgan fingerprint density at radius 1 is 0.810 bits per heavy atom. The Hall–Kier alpha value is 0.0238. The molecule has 0 aliphatic carbocycles. The van der Waals surface area contributed by atoms with E-state index in [9.17, 15) is 4.79 Å². The molecule has 0 N–H and O–H groups in total. The van der Waals surface area contributed by atoms with Crippen LogP contribution in [0.4, 0.5) is 0 Å². The maximum Gasteiger partial charge on any atom is 0.192 e. The number of ketones is 1. The first-order chi connectivity index (χ1) is 9.10. The second-order valence-electron chi connectivity index (χ2n) is 8.95. The average molecular weight is 333 g/mol. The molecule has 0 aliphatic rings. The highest BCUT2D eigenvalue weighted by Crippen LogP contribution is 2.37. The quantitative estimate of drug-likeness (QED) is 0.616. The van der Waals surface area contributed by atoms with E-state index < -0.39 is 16.6 Å². The Morgan fingerprint density at radius 2 is 1.19 bits per heavy atom. The van der Waals surface area contributed by atoms with Crippen LogP contribution < -0.4 is 0 Å². The highest BCUT2D eigenvalue weighted by atomic mass is 28.4. The van der Waals surface area contributed by atoms with E-state index in [4.69, 9.17) is 8.85 Å². The molecule has 21 heavy (non-hydrogen) atoms. The second kappa shape index (κ2) is 7.07. The normalized spacial score (nSPS) is 14.4. The largest absolute Gasteiger partial charge is 0.416 e. The Kier molecular flexibility index (Phi) is 7.07. The number of rotatable bonds is 7. The Labute approximate surface area is 134 Å². The number of carbonyl (C=O) groups excluding carboxylic acids is 1. The molecule has 0 aromatic carbocycles. The molecule has 0 saturated carbocycles. The number of hydrogen-bond acceptors (Lipinski definition) is 3. The van der Waals surface area contributed by atoms with Gasteiger partial charge in [-0.05, 0) is 36.3 Å². The van der Waals surface area contributed by atoms with E-state index in [1.165, 1.54) is 0 Å². The molecule has 0 rings (SSSR count). The van der Waals surface area contributed by atoms with Gasteiger partial charge in [-0.2, -0.15) is 0 Å². The van der Waals surface area contributed by atoms with Gasteiger partial charge < -0.3 is 8.85 Å². The lowest BCUT2D eigenvalue weighted by Gasteiger charge is -2.36. The zero-order valence-electron chi connectivity index (χ0n) is 15.8. The van der Waals surface area contributed by atoms with Gasteiger partial charge in [0.25, 0.3) is 0 Å². The fourth-order valence-electron chi connectivity index (χ4n) is 1.19. The SMILES string of the molecule is CC(C)(C)[Si](C)(C)OCCC(=O)CO[Si](C)(C)C(C)(C)C. The molecule has 0 radical (unpaired) electrons. The van der Waals surface area contributed by atoms with Crippen LogP contribution in [0.1, 0.15) is 48.0 Å². The van der Waals surface area contributed by atoms with Gasteiger partial charge in [-0.15, -0.1) is 0 Å². The summed E-state index contributed by atoms with van der Waals surface area (Å²) in [4.78, 5) is 12.0. The Balaban J connectivity index is 4.20. The van der Waals surface area contributed by atoms with E-state index in [0.717, 1.165) is 0 Å². The highest BCUT2D eigenvalue weighted by molar-refractivity contribution is 6.74. The smallest absolute Gasteiger partial charge is 0.192 e. The van der Waals surface area contributed by atoms with Crippen molar-refractivity contribution < 1.29 is 13.6 Å². The van der Waals surface area contributed by atoms with Crippen LogP contribution in [0.25, 0.3) is 0 Å². The lowest BCUT2D eigenvalue weighted by Crippen LogP contribution is -2.43. The van der Waals surface area contributed by atoms with Crippen LogP contribution in [0.15, 0.2) is 0 Å². The topological polar surface area (TPSA) is 35.5 Å². The molecule has 0 spiro atoms. The molecule has 0 aromatic rings. The first-order valence-corrected chi connectivity index (χ1v) is 13.7. The Bertz CT molecular complexity index is 350. The zero-order chi connectivity index (χ0) is 17.1. The molecule has 0 amide bonds. The fourth-order valence-corrected chi connectivity index (χ4v) is 3.19. The van der Waals surface area contributed by atoms with Crippen molar-refractivity contribution in [1.29, 1.82) is 0 Å². The molecule has 0 unspecified atom stereocenters. The molecule has 0 atom stereocenters. The van der Waals surface area contributed by atoms with Crippen LogP contribution in [0.2, 0.25) is 36.3 Å². The minimum atomic E-state index is -1.83. The van der Waals surface area contributed by atoms with Crippen molar-refractivity contribution in [1.82, 2.24) is 0 Å². The maximum atomic E-state index is 12.0. The summed E-state index contributed by atoms with van der Waals surface area (Å²) in [6, 6.07) is 0. The summed E-state index contributed by atoms with van der Waals surface area (Å²) in [5.41, 5.74) is 0. The van der Waals surface area contributed by atoms with Crippen molar-refractivity contribution in [2.45, 2.75) is 84.2 Å². The molecule has 0 bridgehead atoms. The minimum Gasteiger partial charge on any atom is -0.416 e. The van der Waals surface area contributed by atoms with E-state index in [1.807, 2.05) is 0 Å². The van der Waals surface area contributed by atoms with Crippen LogP contribution >= 0.6 is 0 Å². The van der Waals surface area contributed by atoms with Gasteiger partial charge >= 0.3 is 0 Å². The van der Waals surface area contributed by atoms with Gasteiger partial charge in [0, 0.05) is 13.0 Å². The highest BCUT2D eigenvalue weighted by Gasteiger charge is 2.38. The van der Waals surface area contributed by atoms with Crippen LogP contribution in [0.3, 0.4) is 0 Å². The van der Waals surface area contributed by atoms with E-state index in [-0.39, 0.29) is 22.5 Å². The summed E-state index contributed by atoms with van der Waals surface area (Å²) in [6.07, 6.45) is 0.459. The molecule has 0 aromatic heterocycles. The van der Waals surface area contributed by atoms with Crippen LogP contribution in [0.5, 0.6) is 0 Å². The van der Waals surface area contributed by atoms with E-state index in [0.29, 0.717) is 13.0 Å². The predicted octanol–water partition coefficient (Wildman–Crippen LogP) is 4.99. The first-order valence-electron chi connectivity index (χ1n) is 7.90. The summed E-state index contributed by atoms with van der Waals surface area (Å²) in [5, 5.41) is 0.332. The summed E-state index contributed by atoms with van der Waals surface area (Å²) >= 11 is 0.